The van der Waals surface area contributed by atoms with Crippen molar-refractivity contribution in [3.63, 3.8) is 0 Å². The smallest absolute Gasteiger partial charge is 0.241 e. The minimum Gasteiger partial charge on any atom is -0.548 e. The highest BCUT2D eigenvalue weighted by molar-refractivity contribution is 6.70. The highest BCUT2D eigenvalue weighted by Crippen LogP contribution is 2.11. The van der Waals surface area contributed by atoms with Gasteiger partial charge in [0, 0.05) is 0 Å². The van der Waals surface area contributed by atoms with Crippen LogP contribution in [0.2, 0.25) is 19.6 Å². The van der Waals surface area contributed by atoms with Crippen LogP contribution in [0.3, 0.4) is 0 Å². The van der Waals surface area contributed by atoms with Gasteiger partial charge in [-0.15, -0.1) is 0 Å². The molecule has 0 saturated carbocycles. The van der Waals surface area contributed by atoms with E-state index in [1.807, 2.05) is 13.0 Å². The summed E-state index contributed by atoms with van der Waals surface area (Å²) in [4.78, 5) is 0. The van der Waals surface area contributed by atoms with Crippen molar-refractivity contribution in [2.45, 2.75) is 33.0 Å². The Morgan fingerprint density at radius 3 is 2.33 bits per heavy atom. The molecule has 0 unspecified atom stereocenters. The monoisotopic (exact) mass is 220 g/mol. The topological polar surface area (TPSA) is 9.23 Å². The molecular formula is C13H20OSi. The highest BCUT2D eigenvalue weighted by atomic mass is 28.4. The van der Waals surface area contributed by atoms with Crippen molar-refractivity contribution in [1.82, 2.24) is 0 Å². The van der Waals surface area contributed by atoms with E-state index in [1.165, 1.54) is 5.56 Å². The van der Waals surface area contributed by atoms with Crippen molar-refractivity contribution in [3.05, 3.63) is 47.7 Å². The first-order valence-electron chi connectivity index (χ1n) is 5.37. The first-order valence-corrected chi connectivity index (χ1v) is 8.78. The molecule has 1 aromatic rings. The predicted molar refractivity (Wildman–Crippen MR) is 68.3 cm³/mol. The average Bonchev–Trinajstić information content (AvgIpc) is 2.14. The van der Waals surface area contributed by atoms with Gasteiger partial charge in [-0.05, 0) is 44.6 Å². The van der Waals surface area contributed by atoms with Crippen LogP contribution in [0, 0.1) is 0 Å². The predicted octanol–water partition coefficient (Wildman–Crippen LogP) is 3.98. The second kappa shape index (κ2) is 5.17. The third-order valence-electron chi connectivity index (χ3n) is 1.94. The van der Waals surface area contributed by atoms with Crippen LogP contribution < -0.4 is 0 Å². The van der Waals surface area contributed by atoms with E-state index in [-0.39, 0.29) is 0 Å². The first-order chi connectivity index (χ1) is 6.97. The number of rotatable bonds is 4. The maximum atomic E-state index is 5.86. The maximum Gasteiger partial charge on any atom is 0.241 e. The quantitative estimate of drug-likeness (QED) is 0.551. The minimum absolute atomic E-state index is 0.956. The van der Waals surface area contributed by atoms with E-state index in [2.05, 4.69) is 50.0 Å². The molecule has 0 aliphatic carbocycles. The van der Waals surface area contributed by atoms with Gasteiger partial charge < -0.3 is 4.43 Å². The first kappa shape index (κ1) is 12.0. The van der Waals surface area contributed by atoms with Gasteiger partial charge in [-0.1, -0.05) is 30.3 Å². The van der Waals surface area contributed by atoms with Gasteiger partial charge in [0.2, 0.25) is 8.32 Å². The third-order valence-corrected chi connectivity index (χ3v) is 2.87. The summed E-state index contributed by atoms with van der Waals surface area (Å²) in [6, 6.07) is 10.4. The van der Waals surface area contributed by atoms with Crippen LogP contribution in [-0.2, 0) is 10.8 Å². The Morgan fingerprint density at radius 2 is 1.80 bits per heavy atom. The molecule has 0 N–H and O–H groups in total. The minimum atomic E-state index is -1.43. The van der Waals surface area contributed by atoms with Crippen LogP contribution in [-0.4, -0.2) is 8.32 Å². The number of allylic oxidation sites excluding steroid dienone is 2. The van der Waals surface area contributed by atoms with Gasteiger partial charge in [-0.3, -0.25) is 0 Å². The summed E-state index contributed by atoms with van der Waals surface area (Å²) in [6.07, 6.45) is 3.12. The normalized spacial score (nSPS) is 12.7. The molecule has 0 aromatic heterocycles. The van der Waals surface area contributed by atoms with Crippen LogP contribution in [0.25, 0.3) is 0 Å². The van der Waals surface area contributed by atoms with Gasteiger partial charge in [0.05, 0.1) is 5.76 Å². The lowest BCUT2D eigenvalue weighted by Crippen LogP contribution is -2.24. The fourth-order valence-corrected chi connectivity index (χ4v) is 2.45. The maximum absolute atomic E-state index is 5.86. The van der Waals surface area contributed by atoms with Gasteiger partial charge in [-0.25, -0.2) is 0 Å². The zero-order chi connectivity index (χ0) is 11.3. The molecule has 0 fully saturated rings. The molecule has 0 saturated heterocycles. The van der Waals surface area contributed by atoms with E-state index in [0.29, 0.717) is 0 Å². The molecule has 0 radical (unpaired) electrons. The van der Waals surface area contributed by atoms with Gasteiger partial charge in [0.1, 0.15) is 0 Å². The SMILES string of the molecule is C/C(=C/Cc1ccccc1)O[Si](C)(C)C. The van der Waals surface area contributed by atoms with E-state index in [1.54, 1.807) is 0 Å². The largest absolute Gasteiger partial charge is 0.548 e. The van der Waals surface area contributed by atoms with Crippen LogP contribution in [0.4, 0.5) is 0 Å². The van der Waals surface area contributed by atoms with Crippen LogP contribution in [0.1, 0.15) is 12.5 Å². The van der Waals surface area contributed by atoms with E-state index in [4.69, 9.17) is 4.43 Å². The molecule has 0 heterocycles. The number of benzene rings is 1. The lowest BCUT2D eigenvalue weighted by atomic mass is 10.1. The Hall–Kier alpha value is -1.02. The second-order valence-electron chi connectivity index (χ2n) is 4.72. The molecule has 1 aromatic carbocycles. The van der Waals surface area contributed by atoms with Crippen molar-refractivity contribution in [1.29, 1.82) is 0 Å². The summed E-state index contributed by atoms with van der Waals surface area (Å²) in [6.45, 7) is 8.65. The number of hydrogen-bond acceptors (Lipinski definition) is 1. The van der Waals surface area contributed by atoms with E-state index < -0.39 is 8.32 Å². The molecule has 0 atom stereocenters. The van der Waals surface area contributed by atoms with Gasteiger partial charge >= 0.3 is 0 Å². The van der Waals surface area contributed by atoms with Crippen molar-refractivity contribution < 1.29 is 4.43 Å². The fraction of sp³-hybridized carbons (Fsp3) is 0.385. The Balaban J connectivity index is 2.51. The molecule has 1 rings (SSSR count). The van der Waals surface area contributed by atoms with Crippen molar-refractivity contribution in [2.24, 2.45) is 0 Å². The molecule has 0 aliphatic rings. The molecule has 0 spiro atoms. The summed E-state index contributed by atoms with van der Waals surface area (Å²) in [5.74, 6) is 1.05. The summed E-state index contributed by atoms with van der Waals surface area (Å²) < 4.78 is 5.86. The summed E-state index contributed by atoms with van der Waals surface area (Å²) in [5.41, 5.74) is 1.33. The summed E-state index contributed by atoms with van der Waals surface area (Å²) in [5, 5.41) is 0. The van der Waals surface area contributed by atoms with E-state index in [9.17, 15) is 0 Å². The average molecular weight is 220 g/mol. The summed E-state index contributed by atoms with van der Waals surface area (Å²) >= 11 is 0. The standard InChI is InChI=1S/C13H20OSi/c1-12(14-15(2,3)4)10-11-13-8-6-5-7-9-13/h5-10H,11H2,1-4H3/b12-10-. The number of hydrogen-bond donors (Lipinski definition) is 0. The van der Waals surface area contributed by atoms with Gasteiger partial charge in [0.25, 0.3) is 0 Å². The lowest BCUT2D eigenvalue weighted by Gasteiger charge is -2.19. The Bertz CT molecular complexity index is 322. The molecule has 15 heavy (non-hydrogen) atoms. The third kappa shape index (κ3) is 5.43. The van der Waals surface area contributed by atoms with Crippen molar-refractivity contribution in [2.75, 3.05) is 0 Å². The fourth-order valence-electron chi connectivity index (χ4n) is 1.40. The van der Waals surface area contributed by atoms with Crippen molar-refractivity contribution in [3.8, 4) is 0 Å². The molecular weight excluding hydrogens is 200 g/mol. The molecule has 0 amide bonds. The van der Waals surface area contributed by atoms with Crippen LogP contribution in [0.15, 0.2) is 42.2 Å². The van der Waals surface area contributed by atoms with E-state index >= 15 is 0 Å². The zero-order valence-electron chi connectivity index (χ0n) is 10.1. The van der Waals surface area contributed by atoms with Gasteiger partial charge in [-0.2, -0.15) is 0 Å². The van der Waals surface area contributed by atoms with Gasteiger partial charge in [0.15, 0.2) is 0 Å². The Morgan fingerprint density at radius 1 is 1.20 bits per heavy atom. The van der Waals surface area contributed by atoms with Crippen LogP contribution >= 0.6 is 0 Å². The molecule has 82 valence electrons. The molecule has 0 aliphatic heterocycles. The van der Waals surface area contributed by atoms with Crippen LogP contribution in [0.5, 0.6) is 0 Å². The van der Waals surface area contributed by atoms with Crippen molar-refractivity contribution >= 4 is 8.32 Å². The Kier molecular flexibility index (Phi) is 4.15. The second-order valence-corrected chi connectivity index (χ2v) is 9.15. The molecule has 2 heteroatoms. The zero-order valence-corrected chi connectivity index (χ0v) is 11.1. The molecule has 0 bridgehead atoms. The highest BCUT2D eigenvalue weighted by Gasteiger charge is 2.15. The van der Waals surface area contributed by atoms with E-state index in [0.717, 1.165) is 12.2 Å². The Labute approximate surface area is 93.9 Å². The summed E-state index contributed by atoms with van der Waals surface area (Å²) in [7, 11) is -1.43. The molecule has 1 nitrogen and oxygen atoms in total. The lowest BCUT2D eigenvalue weighted by molar-refractivity contribution is 0.422.